The summed E-state index contributed by atoms with van der Waals surface area (Å²) in [6, 6.07) is 2.16. The van der Waals surface area contributed by atoms with Gasteiger partial charge in [0.1, 0.15) is 10.5 Å². The monoisotopic (exact) mass is 329 g/mol. The first-order valence-corrected chi connectivity index (χ1v) is 8.87. The molecule has 4 heterocycles. The van der Waals surface area contributed by atoms with Gasteiger partial charge in [-0.15, -0.1) is 11.3 Å². The molecule has 0 bridgehead atoms. The molecule has 0 radical (unpaired) electrons. The maximum atomic E-state index is 12.4. The van der Waals surface area contributed by atoms with Gasteiger partial charge in [-0.25, -0.2) is 4.98 Å². The van der Waals surface area contributed by atoms with Crippen LogP contribution in [0, 0.1) is 0 Å². The van der Waals surface area contributed by atoms with Gasteiger partial charge in [-0.3, -0.25) is 9.89 Å². The Bertz CT molecular complexity index is 887. The van der Waals surface area contributed by atoms with Crippen LogP contribution in [0.2, 0.25) is 0 Å². The minimum Gasteiger partial charge on any atom is -0.308 e. The van der Waals surface area contributed by atoms with E-state index in [9.17, 15) is 4.79 Å². The molecule has 0 spiro atoms. The Balaban J connectivity index is 1.79. The fourth-order valence-electron chi connectivity index (χ4n) is 3.14. The van der Waals surface area contributed by atoms with Crippen LogP contribution in [0.3, 0.4) is 0 Å². The lowest BCUT2D eigenvalue weighted by Gasteiger charge is -2.22. The van der Waals surface area contributed by atoms with E-state index in [1.54, 1.807) is 0 Å². The summed E-state index contributed by atoms with van der Waals surface area (Å²) in [4.78, 5) is 21.2. The minimum atomic E-state index is -0.0461. The van der Waals surface area contributed by atoms with Crippen molar-refractivity contribution in [2.75, 3.05) is 6.54 Å². The van der Waals surface area contributed by atoms with E-state index in [-0.39, 0.29) is 11.6 Å². The van der Waals surface area contributed by atoms with E-state index < -0.39 is 0 Å². The van der Waals surface area contributed by atoms with Crippen molar-refractivity contribution in [1.29, 1.82) is 0 Å². The first-order chi connectivity index (χ1) is 11.3. The average molecular weight is 329 g/mol. The minimum absolute atomic E-state index is 0.0461. The maximum Gasteiger partial charge on any atom is 0.268 e. The molecule has 1 fully saturated rings. The second-order valence-corrected chi connectivity index (χ2v) is 6.95. The molecule has 0 unspecified atom stereocenters. The fourth-order valence-corrected chi connectivity index (χ4v) is 4.16. The highest BCUT2D eigenvalue weighted by Crippen LogP contribution is 2.33. The number of fused-ring (bicyclic) bond motifs is 1. The SMILES string of the molecule is CCc1[nH]ncc1-c1cc2nc([C@@H]3CCCCN3)[nH]c(=O)c2s1. The normalized spacial score (nSPS) is 18.6. The third kappa shape index (κ3) is 2.60. The lowest BCUT2D eigenvalue weighted by Crippen LogP contribution is -2.29. The summed E-state index contributed by atoms with van der Waals surface area (Å²) >= 11 is 1.48. The van der Waals surface area contributed by atoms with Crippen LogP contribution < -0.4 is 10.9 Å². The van der Waals surface area contributed by atoms with Gasteiger partial charge >= 0.3 is 0 Å². The smallest absolute Gasteiger partial charge is 0.268 e. The Morgan fingerprint density at radius 2 is 2.30 bits per heavy atom. The topological polar surface area (TPSA) is 86.5 Å². The van der Waals surface area contributed by atoms with Crippen LogP contribution in [0.5, 0.6) is 0 Å². The van der Waals surface area contributed by atoms with Crippen LogP contribution in [0.15, 0.2) is 17.1 Å². The molecule has 0 saturated carbocycles. The largest absolute Gasteiger partial charge is 0.308 e. The van der Waals surface area contributed by atoms with Crippen LogP contribution in [0.1, 0.15) is 43.7 Å². The summed E-state index contributed by atoms with van der Waals surface area (Å²) in [6.07, 6.45) is 6.08. The molecule has 7 heteroatoms. The number of H-pyrrole nitrogens is 2. The number of hydrogen-bond acceptors (Lipinski definition) is 5. The third-order valence-electron chi connectivity index (χ3n) is 4.38. The molecule has 0 amide bonds. The fraction of sp³-hybridized carbons (Fsp3) is 0.438. The van der Waals surface area contributed by atoms with Gasteiger partial charge in [0.15, 0.2) is 0 Å². The van der Waals surface area contributed by atoms with Crippen LogP contribution in [0.25, 0.3) is 20.7 Å². The van der Waals surface area contributed by atoms with Gasteiger partial charge in [-0.05, 0) is 31.9 Å². The first-order valence-electron chi connectivity index (χ1n) is 8.06. The van der Waals surface area contributed by atoms with Crippen LogP contribution in [-0.4, -0.2) is 26.7 Å². The highest BCUT2D eigenvalue weighted by atomic mass is 32.1. The standard InChI is InChI=1S/C16H19N5OS/c1-2-10-9(8-18-21-10)13-7-12-14(23-13)16(22)20-15(19-12)11-5-3-4-6-17-11/h7-8,11,17H,2-6H2,1H3,(H,18,21)(H,19,20,22)/t11-/m0/s1. The molecule has 0 aliphatic carbocycles. The zero-order chi connectivity index (χ0) is 15.8. The Labute approximate surface area is 137 Å². The zero-order valence-corrected chi connectivity index (χ0v) is 13.8. The molecule has 4 rings (SSSR count). The Morgan fingerprint density at radius 1 is 1.39 bits per heavy atom. The number of aromatic nitrogens is 4. The number of nitrogens with one attached hydrogen (secondary N) is 3. The lowest BCUT2D eigenvalue weighted by molar-refractivity contribution is 0.397. The molecule has 1 aliphatic heterocycles. The predicted molar refractivity (Wildman–Crippen MR) is 91.8 cm³/mol. The zero-order valence-electron chi connectivity index (χ0n) is 13.0. The van der Waals surface area contributed by atoms with Crippen molar-refractivity contribution in [2.24, 2.45) is 0 Å². The molecule has 6 nitrogen and oxygen atoms in total. The van der Waals surface area contributed by atoms with Crippen molar-refractivity contribution >= 4 is 21.6 Å². The predicted octanol–water partition coefficient (Wildman–Crippen LogP) is 2.75. The van der Waals surface area contributed by atoms with Crippen molar-refractivity contribution in [3.63, 3.8) is 0 Å². The van der Waals surface area contributed by atoms with E-state index in [1.807, 2.05) is 12.3 Å². The van der Waals surface area contributed by atoms with E-state index >= 15 is 0 Å². The summed E-state index contributed by atoms with van der Waals surface area (Å²) < 4.78 is 0.683. The van der Waals surface area contributed by atoms with Gasteiger partial charge in [0.05, 0.1) is 17.8 Å². The number of aryl methyl sites for hydroxylation is 1. The number of nitrogens with zero attached hydrogens (tertiary/aromatic N) is 2. The quantitative estimate of drug-likeness (QED) is 0.689. The summed E-state index contributed by atoms with van der Waals surface area (Å²) in [5.74, 6) is 0.759. The molecular weight excluding hydrogens is 310 g/mol. The van der Waals surface area contributed by atoms with Crippen molar-refractivity contribution in [3.05, 3.63) is 34.1 Å². The van der Waals surface area contributed by atoms with Gasteiger partial charge < -0.3 is 10.3 Å². The van der Waals surface area contributed by atoms with E-state index in [0.717, 1.165) is 46.9 Å². The van der Waals surface area contributed by atoms with E-state index in [2.05, 4.69) is 27.4 Å². The van der Waals surface area contributed by atoms with Crippen LogP contribution in [-0.2, 0) is 6.42 Å². The van der Waals surface area contributed by atoms with Gasteiger partial charge in [-0.1, -0.05) is 13.3 Å². The summed E-state index contributed by atoms with van der Waals surface area (Å²) in [6.45, 7) is 3.07. The highest BCUT2D eigenvalue weighted by Gasteiger charge is 2.19. The first kappa shape index (κ1) is 14.6. The van der Waals surface area contributed by atoms with E-state index in [1.165, 1.54) is 24.2 Å². The van der Waals surface area contributed by atoms with E-state index in [0.29, 0.717) is 4.70 Å². The molecular formula is C16H19N5OS. The lowest BCUT2D eigenvalue weighted by atomic mass is 10.0. The molecule has 1 aliphatic rings. The second kappa shape index (κ2) is 5.90. The number of rotatable bonds is 3. The maximum absolute atomic E-state index is 12.4. The van der Waals surface area contributed by atoms with Crippen LogP contribution >= 0.6 is 11.3 Å². The van der Waals surface area contributed by atoms with Gasteiger partial charge in [0, 0.05) is 16.1 Å². The molecule has 23 heavy (non-hydrogen) atoms. The summed E-state index contributed by atoms with van der Waals surface area (Å²) in [7, 11) is 0. The van der Waals surface area contributed by atoms with Gasteiger partial charge in [-0.2, -0.15) is 5.10 Å². The number of aromatic amines is 2. The van der Waals surface area contributed by atoms with Gasteiger partial charge in [0.25, 0.3) is 5.56 Å². The Hall–Kier alpha value is -1.99. The van der Waals surface area contributed by atoms with Crippen LogP contribution in [0.4, 0.5) is 0 Å². The van der Waals surface area contributed by atoms with Crippen molar-refractivity contribution < 1.29 is 0 Å². The second-order valence-electron chi connectivity index (χ2n) is 5.89. The Morgan fingerprint density at radius 3 is 3.09 bits per heavy atom. The molecule has 3 N–H and O–H groups in total. The highest BCUT2D eigenvalue weighted by molar-refractivity contribution is 7.22. The summed E-state index contributed by atoms with van der Waals surface area (Å²) in [5, 5.41) is 10.6. The number of piperidine rings is 1. The molecule has 3 aromatic rings. The molecule has 120 valence electrons. The van der Waals surface area contributed by atoms with Gasteiger partial charge in [0.2, 0.25) is 0 Å². The van der Waals surface area contributed by atoms with E-state index in [4.69, 9.17) is 4.98 Å². The number of thiophene rings is 1. The molecule has 1 saturated heterocycles. The molecule has 3 aromatic heterocycles. The summed E-state index contributed by atoms with van der Waals surface area (Å²) in [5.41, 5.74) is 2.88. The van der Waals surface area contributed by atoms with Crippen molar-refractivity contribution in [3.8, 4) is 10.4 Å². The Kier molecular flexibility index (Phi) is 3.74. The van der Waals surface area contributed by atoms with Crippen molar-refractivity contribution in [1.82, 2.24) is 25.5 Å². The third-order valence-corrected chi connectivity index (χ3v) is 5.54. The molecule has 0 aromatic carbocycles. The average Bonchev–Trinajstić information content (AvgIpc) is 3.21. The van der Waals surface area contributed by atoms with Crippen molar-refractivity contribution in [2.45, 2.75) is 38.6 Å². The molecule has 1 atom stereocenters. The number of hydrogen-bond donors (Lipinski definition) is 3.